The lowest BCUT2D eigenvalue weighted by Gasteiger charge is -2.37. The number of nitrogens with one attached hydrogen (secondary N) is 1. The molecule has 1 rings (SSSR count). The summed E-state index contributed by atoms with van der Waals surface area (Å²) < 4.78 is 33.9. The van der Waals surface area contributed by atoms with Crippen molar-refractivity contribution in [3.63, 3.8) is 0 Å². The largest absolute Gasteiger partial charge is 0.415 e. The fourth-order valence-corrected chi connectivity index (χ4v) is 4.34. The topological polar surface area (TPSA) is 75.6 Å². The van der Waals surface area contributed by atoms with Gasteiger partial charge in [0.1, 0.15) is 0 Å². The molecule has 0 fully saturated rings. The molecule has 0 aliphatic carbocycles. The lowest BCUT2D eigenvalue weighted by molar-refractivity contribution is 0.218. The monoisotopic (exact) mass is 407 g/mol. The third-order valence-corrected chi connectivity index (χ3v) is 11.1. The summed E-state index contributed by atoms with van der Waals surface area (Å²) in [6, 6.07) is 5.85. The minimum atomic E-state index is -3.74. The zero-order chi connectivity index (χ0) is 19.5. The van der Waals surface area contributed by atoms with E-state index in [2.05, 4.69) is 38.6 Å². The van der Waals surface area contributed by atoms with Crippen molar-refractivity contribution in [2.45, 2.75) is 62.1 Å². The molecule has 2 atom stereocenters. The second kappa shape index (κ2) is 8.50. The summed E-state index contributed by atoms with van der Waals surface area (Å²) in [5.74, 6) is 0. The maximum absolute atomic E-state index is 12.6. The molecule has 0 saturated heterocycles. The molecule has 0 aliphatic rings. The predicted octanol–water partition coefficient (Wildman–Crippen LogP) is 3.26. The Morgan fingerprint density at radius 1 is 1.24 bits per heavy atom. The first-order valence-corrected chi connectivity index (χ1v) is 13.1. The molecule has 8 heteroatoms. The Balaban J connectivity index is 2.95. The Kier molecular flexibility index (Phi) is 7.68. The molecule has 0 saturated carbocycles. The van der Waals surface area contributed by atoms with E-state index < -0.39 is 29.8 Å². The van der Waals surface area contributed by atoms with E-state index in [-0.39, 0.29) is 23.1 Å². The fourth-order valence-electron chi connectivity index (χ4n) is 1.84. The molecule has 25 heavy (non-hydrogen) atoms. The summed E-state index contributed by atoms with van der Waals surface area (Å²) in [4.78, 5) is 0.164. The lowest BCUT2D eigenvalue weighted by Crippen LogP contribution is -2.50. The van der Waals surface area contributed by atoms with E-state index in [1.807, 2.05) is 6.92 Å². The zero-order valence-corrected chi connectivity index (χ0v) is 18.4. The van der Waals surface area contributed by atoms with Gasteiger partial charge in [-0.2, -0.15) is 0 Å². The van der Waals surface area contributed by atoms with Crippen molar-refractivity contribution in [2.24, 2.45) is 0 Å². The first kappa shape index (κ1) is 22.6. The minimum absolute atomic E-state index is 0.00555. The molecule has 5 nitrogen and oxygen atoms in total. The highest BCUT2D eigenvalue weighted by Crippen LogP contribution is 2.36. The maximum atomic E-state index is 12.6. The number of alkyl halides is 1. The second-order valence-corrected chi connectivity index (χ2v) is 14.9. The molecule has 0 aliphatic heterocycles. The molecule has 1 aromatic carbocycles. The quantitative estimate of drug-likeness (QED) is 0.512. The summed E-state index contributed by atoms with van der Waals surface area (Å²) in [7, 11) is -5.81. The lowest BCUT2D eigenvalue weighted by atomic mass is 10.2. The number of aliphatic hydroxyl groups excluding tert-OH is 1. The minimum Gasteiger partial charge on any atom is -0.415 e. The van der Waals surface area contributed by atoms with Gasteiger partial charge in [-0.1, -0.05) is 38.5 Å². The van der Waals surface area contributed by atoms with Crippen LogP contribution in [0.3, 0.4) is 0 Å². The summed E-state index contributed by atoms with van der Waals surface area (Å²) in [6.45, 7) is 12.2. The van der Waals surface area contributed by atoms with Crippen LogP contribution in [0.15, 0.2) is 29.2 Å². The van der Waals surface area contributed by atoms with Crippen LogP contribution in [0.1, 0.15) is 26.3 Å². The third-order valence-electron chi connectivity index (χ3n) is 4.68. The van der Waals surface area contributed by atoms with E-state index in [0.717, 1.165) is 5.56 Å². The Labute approximate surface area is 157 Å². The van der Waals surface area contributed by atoms with Crippen molar-refractivity contribution in [1.29, 1.82) is 0 Å². The Hall–Kier alpha value is -0.443. The third kappa shape index (κ3) is 6.34. The molecule has 2 N–H and O–H groups in total. The zero-order valence-electron chi connectivity index (χ0n) is 15.8. The average Bonchev–Trinajstić information content (AvgIpc) is 2.50. The second-order valence-electron chi connectivity index (χ2n) is 7.81. The summed E-state index contributed by atoms with van der Waals surface area (Å²) in [5.41, 5.74) is 0.974. The maximum Gasteiger partial charge on any atom is 0.240 e. The van der Waals surface area contributed by atoms with Gasteiger partial charge in [0.05, 0.1) is 29.5 Å². The van der Waals surface area contributed by atoms with Crippen LogP contribution in [0.4, 0.5) is 0 Å². The summed E-state index contributed by atoms with van der Waals surface area (Å²) >= 11 is 6.15. The van der Waals surface area contributed by atoms with Crippen molar-refractivity contribution in [3.05, 3.63) is 29.8 Å². The summed E-state index contributed by atoms with van der Waals surface area (Å²) in [6.07, 6.45) is 0. The van der Waals surface area contributed by atoms with Gasteiger partial charge in [0.2, 0.25) is 10.0 Å². The van der Waals surface area contributed by atoms with Crippen LogP contribution in [-0.4, -0.2) is 46.5 Å². The molecular formula is C17H30ClNO4SSi. The number of aliphatic hydroxyl groups is 1. The number of rotatable bonds is 8. The smallest absolute Gasteiger partial charge is 0.240 e. The average molecular weight is 408 g/mol. The molecule has 0 heterocycles. The van der Waals surface area contributed by atoms with Gasteiger partial charge < -0.3 is 9.53 Å². The Morgan fingerprint density at radius 3 is 2.20 bits per heavy atom. The van der Waals surface area contributed by atoms with Gasteiger partial charge in [-0.15, -0.1) is 11.6 Å². The standard InChI is InChI=1S/C17H30ClNO4SSi/c1-13-7-9-14(10-8-13)24(21,22)19-16(15(18)11-20)12-23-25(5,6)17(2,3)4/h7-10,15-16,19-20H,11-12H2,1-6H3/t15-,16+/m1/s1. The van der Waals surface area contributed by atoms with Crippen LogP contribution in [0.2, 0.25) is 18.1 Å². The van der Waals surface area contributed by atoms with Crippen LogP contribution in [0.25, 0.3) is 0 Å². The van der Waals surface area contributed by atoms with Gasteiger partial charge in [0.15, 0.2) is 8.32 Å². The first-order valence-electron chi connectivity index (χ1n) is 8.28. The predicted molar refractivity (Wildman–Crippen MR) is 105 cm³/mol. The SMILES string of the molecule is Cc1ccc(S(=O)(=O)N[C@@H](CO[Si](C)(C)C(C)(C)C)[C@H](Cl)CO)cc1. The van der Waals surface area contributed by atoms with E-state index in [1.54, 1.807) is 24.3 Å². The van der Waals surface area contributed by atoms with Gasteiger partial charge >= 0.3 is 0 Å². The number of halogens is 1. The van der Waals surface area contributed by atoms with Gasteiger partial charge in [0.25, 0.3) is 0 Å². The number of hydrogen-bond acceptors (Lipinski definition) is 4. The molecule has 0 spiro atoms. The molecule has 1 aromatic rings. The molecule has 0 unspecified atom stereocenters. The van der Waals surface area contributed by atoms with Crippen molar-refractivity contribution in [3.8, 4) is 0 Å². The van der Waals surface area contributed by atoms with Crippen LogP contribution < -0.4 is 4.72 Å². The molecule has 144 valence electrons. The molecule has 0 amide bonds. The van der Waals surface area contributed by atoms with Crippen LogP contribution in [-0.2, 0) is 14.4 Å². The van der Waals surface area contributed by atoms with Crippen molar-refractivity contribution >= 4 is 29.9 Å². The normalized spacial score (nSPS) is 15.8. The molecule has 0 aromatic heterocycles. The molecular weight excluding hydrogens is 378 g/mol. The van der Waals surface area contributed by atoms with Gasteiger partial charge in [0, 0.05) is 0 Å². The van der Waals surface area contributed by atoms with E-state index in [4.69, 9.17) is 16.0 Å². The Morgan fingerprint density at radius 2 is 1.76 bits per heavy atom. The van der Waals surface area contributed by atoms with E-state index in [9.17, 15) is 13.5 Å². The van der Waals surface area contributed by atoms with Crippen molar-refractivity contribution in [2.75, 3.05) is 13.2 Å². The molecule has 0 radical (unpaired) electrons. The highest BCUT2D eigenvalue weighted by atomic mass is 35.5. The Bertz CT molecular complexity index is 656. The van der Waals surface area contributed by atoms with Gasteiger partial charge in [-0.25, -0.2) is 13.1 Å². The van der Waals surface area contributed by atoms with Crippen LogP contribution in [0.5, 0.6) is 0 Å². The highest BCUT2D eigenvalue weighted by Gasteiger charge is 2.38. The number of benzene rings is 1. The van der Waals surface area contributed by atoms with Crippen molar-refractivity contribution < 1.29 is 18.0 Å². The van der Waals surface area contributed by atoms with Crippen LogP contribution in [0, 0.1) is 6.92 Å². The highest BCUT2D eigenvalue weighted by molar-refractivity contribution is 7.89. The number of sulfonamides is 1. The van der Waals surface area contributed by atoms with E-state index in [0.29, 0.717) is 0 Å². The van der Waals surface area contributed by atoms with E-state index >= 15 is 0 Å². The first-order chi connectivity index (χ1) is 11.3. The van der Waals surface area contributed by atoms with Gasteiger partial charge in [-0.05, 0) is 37.2 Å². The van der Waals surface area contributed by atoms with E-state index in [1.165, 1.54) is 0 Å². The van der Waals surface area contributed by atoms with Crippen LogP contribution >= 0.6 is 11.6 Å². The number of aryl methyl sites for hydroxylation is 1. The number of hydrogen-bond donors (Lipinski definition) is 2. The van der Waals surface area contributed by atoms with Gasteiger partial charge in [-0.3, -0.25) is 0 Å². The fraction of sp³-hybridized carbons (Fsp3) is 0.647. The summed E-state index contributed by atoms with van der Waals surface area (Å²) in [5, 5.41) is 8.61. The van der Waals surface area contributed by atoms with Crippen molar-refractivity contribution in [1.82, 2.24) is 4.72 Å². The molecule has 0 bridgehead atoms.